The molecular formula is C23H21F2N7O3. The Morgan fingerprint density at radius 2 is 1.77 bits per heavy atom. The van der Waals surface area contributed by atoms with Gasteiger partial charge in [0.05, 0.1) is 30.9 Å². The zero-order valence-corrected chi connectivity index (χ0v) is 19.0. The standard InChI is InChI=1S/C23H21F2N7O3/c1-12-16(10-32(30-12)11-19(33)29-18-7-4-13(35-3)8-27-18)14-5-6-15(21(25)20(14)24)17-9-28-23(22(26)34)31(17)2/h4-10H,11H2,1-3H3,(H2,26,34)(H,27,29,33). The van der Waals surface area contributed by atoms with Gasteiger partial charge >= 0.3 is 0 Å². The third kappa shape index (κ3) is 4.58. The van der Waals surface area contributed by atoms with E-state index in [1.165, 1.54) is 54.1 Å². The molecule has 35 heavy (non-hydrogen) atoms. The van der Waals surface area contributed by atoms with E-state index in [2.05, 4.69) is 20.4 Å². The number of primary amides is 1. The Balaban J connectivity index is 1.57. The molecule has 0 radical (unpaired) electrons. The van der Waals surface area contributed by atoms with Gasteiger partial charge in [0.2, 0.25) is 5.91 Å². The number of carbonyl (C=O) groups is 2. The van der Waals surface area contributed by atoms with E-state index in [0.717, 1.165) is 0 Å². The van der Waals surface area contributed by atoms with Gasteiger partial charge in [0.25, 0.3) is 5.91 Å². The molecule has 0 spiro atoms. The zero-order chi connectivity index (χ0) is 25.3. The molecule has 0 bridgehead atoms. The van der Waals surface area contributed by atoms with Crippen LogP contribution in [0.25, 0.3) is 22.4 Å². The van der Waals surface area contributed by atoms with Crippen molar-refractivity contribution >= 4 is 17.6 Å². The van der Waals surface area contributed by atoms with Crippen LogP contribution in [0.15, 0.2) is 42.9 Å². The fourth-order valence-electron chi connectivity index (χ4n) is 3.61. The summed E-state index contributed by atoms with van der Waals surface area (Å²) in [6.45, 7) is 1.46. The Bertz CT molecular complexity index is 1430. The number of carbonyl (C=O) groups excluding carboxylic acids is 2. The molecule has 180 valence electrons. The number of nitrogens with one attached hydrogen (secondary N) is 1. The minimum atomic E-state index is -1.11. The molecule has 0 fully saturated rings. The summed E-state index contributed by atoms with van der Waals surface area (Å²) in [6.07, 6.45) is 4.17. The molecule has 0 saturated carbocycles. The first kappa shape index (κ1) is 23.5. The van der Waals surface area contributed by atoms with E-state index in [1.54, 1.807) is 19.1 Å². The number of imidazole rings is 1. The third-order valence-electron chi connectivity index (χ3n) is 5.35. The number of methoxy groups -OCH3 is 1. The number of hydrogen-bond acceptors (Lipinski definition) is 6. The lowest BCUT2D eigenvalue weighted by Gasteiger charge is -2.09. The Morgan fingerprint density at radius 3 is 2.40 bits per heavy atom. The van der Waals surface area contributed by atoms with Crippen LogP contribution in [0.4, 0.5) is 14.6 Å². The third-order valence-corrected chi connectivity index (χ3v) is 5.35. The van der Waals surface area contributed by atoms with Crippen molar-refractivity contribution in [3.8, 4) is 28.1 Å². The average molecular weight is 481 g/mol. The van der Waals surface area contributed by atoms with E-state index in [-0.39, 0.29) is 29.2 Å². The number of halogens is 2. The number of ether oxygens (including phenoxy) is 1. The number of hydrogen-bond donors (Lipinski definition) is 2. The van der Waals surface area contributed by atoms with E-state index < -0.39 is 23.4 Å². The number of pyridine rings is 1. The van der Waals surface area contributed by atoms with E-state index in [1.807, 2.05) is 0 Å². The Kier molecular flexibility index (Phi) is 6.28. The number of aryl methyl sites for hydroxylation is 1. The molecule has 1 aromatic carbocycles. The van der Waals surface area contributed by atoms with E-state index in [9.17, 15) is 9.59 Å². The van der Waals surface area contributed by atoms with Crippen molar-refractivity contribution in [1.82, 2.24) is 24.3 Å². The molecule has 0 atom stereocenters. The van der Waals surface area contributed by atoms with Crippen LogP contribution in [0.3, 0.4) is 0 Å². The summed E-state index contributed by atoms with van der Waals surface area (Å²) in [5.74, 6) is -2.60. The molecule has 4 aromatic rings. The van der Waals surface area contributed by atoms with Crippen molar-refractivity contribution in [2.75, 3.05) is 12.4 Å². The smallest absolute Gasteiger partial charge is 0.284 e. The predicted octanol–water partition coefficient (Wildman–Crippen LogP) is 2.68. The fraction of sp³-hybridized carbons (Fsp3) is 0.174. The minimum Gasteiger partial charge on any atom is -0.495 e. The van der Waals surface area contributed by atoms with Crippen molar-refractivity contribution < 1.29 is 23.1 Å². The first-order chi connectivity index (χ1) is 16.7. The average Bonchev–Trinajstić information content (AvgIpc) is 3.38. The summed E-state index contributed by atoms with van der Waals surface area (Å²) in [5, 5.41) is 6.87. The maximum atomic E-state index is 15.1. The number of nitrogens with zero attached hydrogens (tertiary/aromatic N) is 5. The lowest BCUT2D eigenvalue weighted by Crippen LogP contribution is -2.19. The summed E-state index contributed by atoms with van der Waals surface area (Å²) in [5.41, 5.74) is 6.07. The van der Waals surface area contributed by atoms with Crippen LogP contribution in [-0.2, 0) is 18.4 Å². The molecule has 0 saturated heterocycles. The lowest BCUT2D eigenvalue weighted by molar-refractivity contribution is -0.116. The summed E-state index contributed by atoms with van der Waals surface area (Å²) in [4.78, 5) is 31.7. The quantitative estimate of drug-likeness (QED) is 0.417. The van der Waals surface area contributed by atoms with Crippen molar-refractivity contribution in [3.05, 3.63) is 66.0 Å². The largest absolute Gasteiger partial charge is 0.495 e. The van der Waals surface area contributed by atoms with Crippen LogP contribution >= 0.6 is 0 Å². The number of aromatic nitrogens is 5. The van der Waals surface area contributed by atoms with Crippen LogP contribution < -0.4 is 15.8 Å². The van der Waals surface area contributed by atoms with Gasteiger partial charge in [0.1, 0.15) is 18.1 Å². The molecule has 12 heteroatoms. The van der Waals surface area contributed by atoms with Crippen molar-refractivity contribution in [2.24, 2.45) is 12.8 Å². The van der Waals surface area contributed by atoms with Gasteiger partial charge in [0.15, 0.2) is 17.5 Å². The highest BCUT2D eigenvalue weighted by Gasteiger charge is 2.22. The van der Waals surface area contributed by atoms with Crippen LogP contribution in [-0.4, -0.2) is 43.2 Å². The molecule has 2 amide bonds. The second-order valence-corrected chi connectivity index (χ2v) is 7.64. The van der Waals surface area contributed by atoms with Crippen molar-refractivity contribution in [3.63, 3.8) is 0 Å². The summed E-state index contributed by atoms with van der Waals surface area (Å²) in [7, 11) is 2.99. The highest BCUT2D eigenvalue weighted by molar-refractivity contribution is 5.90. The Morgan fingerprint density at radius 1 is 1.06 bits per heavy atom. The monoisotopic (exact) mass is 481 g/mol. The Hall–Kier alpha value is -4.61. The second kappa shape index (κ2) is 9.33. The number of anilines is 1. The maximum Gasteiger partial charge on any atom is 0.284 e. The fourth-order valence-corrected chi connectivity index (χ4v) is 3.61. The number of amides is 2. The van der Waals surface area contributed by atoms with Crippen LogP contribution in [0, 0.1) is 18.6 Å². The van der Waals surface area contributed by atoms with E-state index >= 15 is 8.78 Å². The molecule has 3 N–H and O–H groups in total. The van der Waals surface area contributed by atoms with Gasteiger partial charge in [-0.15, -0.1) is 0 Å². The number of rotatable bonds is 7. The molecule has 3 aromatic heterocycles. The first-order valence-corrected chi connectivity index (χ1v) is 10.3. The summed E-state index contributed by atoms with van der Waals surface area (Å²) >= 11 is 0. The van der Waals surface area contributed by atoms with E-state index in [4.69, 9.17) is 10.5 Å². The predicted molar refractivity (Wildman–Crippen MR) is 122 cm³/mol. The van der Waals surface area contributed by atoms with Crippen molar-refractivity contribution in [1.29, 1.82) is 0 Å². The van der Waals surface area contributed by atoms with Crippen LogP contribution in [0.5, 0.6) is 5.75 Å². The normalized spacial score (nSPS) is 10.9. The molecule has 4 rings (SSSR count). The van der Waals surface area contributed by atoms with Gasteiger partial charge in [0, 0.05) is 29.9 Å². The molecule has 0 unspecified atom stereocenters. The first-order valence-electron chi connectivity index (χ1n) is 10.3. The minimum absolute atomic E-state index is 0.0236. The van der Waals surface area contributed by atoms with Gasteiger partial charge in [-0.1, -0.05) is 6.07 Å². The Labute approximate surface area is 198 Å². The molecule has 0 aliphatic carbocycles. The van der Waals surface area contributed by atoms with Gasteiger partial charge in [-0.2, -0.15) is 5.10 Å². The highest BCUT2D eigenvalue weighted by atomic mass is 19.2. The van der Waals surface area contributed by atoms with Crippen LogP contribution in [0.1, 0.15) is 16.3 Å². The van der Waals surface area contributed by atoms with Gasteiger partial charge in [-0.3, -0.25) is 14.3 Å². The molecule has 3 heterocycles. The number of nitrogens with two attached hydrogens (primary N) is 1. The second-order valence-electron chi connectivity index (χ2n) is 7.64. The summed E-state index contributed by atoms with van der Waals surface area (Å²) < 4.78 is 37.8. The van der Waals surface area contributed by atoms with Gasteiger partial charge in [-0.05, 0) is 25.1 Å². The molecule has 0 aliphatic rings. The number of benzene rings is 1. The topological polar surface area (TPSA) is 130 Å². The van der Waals surface area contributed by atoms with Crippen molar-refractivity contribution in [2.45, 2.75) is 13.5 Å². The molecule has 10 nitrogen and oxygen atoms in total. The lowest BCUT2D eigenvalue weighted by atomic mass is 10.0. The maximum absolute atomic E-state index is 15.1. The molecular weight excluding hydrogens is 460 g/mol. The molecule has 0 aliphatic heterocycles. The van der Waals surface area contributed by atoms with Gasteiger partial charge in [-0.25, -0.2) is 18.7 Å². The van der Waals surface area contributed by atoms with Crippen LogP contribution in [0.2, 0.25) is 0 Å². The van der Waals surface area contributed by atoms with Gasteiger partial charge < -0.3 is 20.4 Å². The van der Waals surface area contributed by atoms with E-state index in [0.29, 0.717) is 22.8 Å². The highest BCUT2D eigenvalue weighted by Crippen LogP contribution is 2.32. The summed E-state index contributed by atoms with van der Waals surface area (Å²) in [6, 6.07) is 6.03. The zero-order valence-electron chi connectivity index (χ0n) is 19.0. The SMILES string of the molecule is COc1ccc(NC(=O)Cn2cc(-c3ccc(-c4cnc(C(N)=O)n4C)c(F)c3F)c(C)n2)nc1.